The summed E-state index contributed by atoms with van der Waals surface area (Å²) in [6.07, 6.45) is 0. The van der Waals surface area contributed by atoms with Crippen LogP contribution in [0.2, 0.25) is 0 Å². The van der Waals surface area contributed by atoms with E-state index in [1.165, 1.54) is 59.7 Å². The van der Waals surface area contributed by atoms with Crippen molar-refractivity contribution in [3.05, 3.63) is 24.3 Å². The number of rotatable bonds is 4. The first-order valence-electron chi connectivity index (χ1n) is 7.11. The van der Waals surface area contributed by atoms with Crippen LogP contribution in [0.5, 0.6) is 0 Å². The highest BCUT2D eigenvalue weighted by Gasteiger charge is 2.36. The number of hydroxylamine groups is 2. The molecule has 0 heterocycles. The van der Waals surface area contributed by atoms with Gasteiger partial charge in [-0.15, -0.1) is 0 Å². The minimum Gasteiger partial charge on any atom is -0.299 e. The molecule has 0 amide bonds. The average Bonchev–Trinajstić information content (AvgIpc) is 2.43. The molecule has 0 unspecified atom stereocenters. The molecule has 2 N–H and O–H groups in total. The van der Waals surface area contributed by atoms with E-state index in [2.05, 4.69) is 0 Å². The summed E-state index contributed by atoms with van der Waals surface area (Å²) in [5.41, 5.74) is -2.22. The maximum atomic E-state index is 12.4. The molecule has 0 aromatic heterocycles. The Bertz CT molecular complexity index is 739. The van der Waals surface area contributed by atoms with Gasteiger partial charge >= 0.3 is 0 Å². The fraction of sp³-hybridized carbons (Fsp3) is 0.571. The number of nitrogens with zero attached hydrogens (tertiary/aromatic N) is 2. The van der Waals surface area contributed by atoms with Gasteiger partial charge in [0.05, 0.1) is 20.9 Å². The normalized spacial score (nSPS) is 14.4. The topological polar surface area (TPSA) is 115 Å². The van der Waals surface area contributed by atoms with Crippen LogP contribution in [0.15, 0.2) is 34.1 Å². The number of hydrogen-bond donors (Lipinski definition) is 2. The van der Waals surface area contributed by atoms with Crippen LogP contribution in [-0.2, 0) is 20.0 Å². The third-order valence-corrected chi connectivity index (χ3v) is 6.71. The van der Waals surface area contributed by atoms with Crippen molar-refractivity contribution in [3.63, 3.8) is 0 Å². The summed E-state index contributed by atoms with van der Waals surface area (Å²) < 4.78 is 50.1. The molecular formula is C14H24N2O6S2. The SMILES string of the molecule is CC(C)(C)N(O)S(=O)(=O)c1cccc(S(=O)(=O)N(O)C(C)(C)C)c1. The van der Waals surface area contributed by atoms with E-state index in [9.17, 15) is 27.3 Å². The van der Waals surface area contributed by atoms with Crippen LogP contribution >= 0.6 is 0 Å². The highest BCUT2D eigenvalue weighted by atomic mass is 32.2. The molecule has 1 aromatic carbocycles. The van der Waals surface area contributed by atoms with Crippen LogP contribution in [-0.4, -0.2) is 47.3 Å². The third kappa shape index (κ3) is 4.13. The Hall–Kier alpha value is -1.04. The largest absolute Gasteiger partial charge is 0.299 e. The molecule has 0 aliphatic carbocycles. The van der Waals surface area contributed by atoms with Crippen molar-refractivity contribution in [1.82, 2.24) is 8.94 Å². The lowest BCUT2D eigenvalue weighted by atomic mass is 10.1. The van der Waals surface area contributed by atoms with Gasteiger partial charge in [-0.3, -0.25) is 10.4 Å². The smallest absolute Gasteiger partial charge is 0.265 e. The molecule has 0 bridgehead atoms. The van der Waals surface area contributed by atoms with Crippen LogP contribution in [0.25, 0.3) is 0 Å². The van der Waals surface area contributed by atoms with Gasteiger partial charge in [-0.05, 0) is 59.7 Å². The molecule has 0 aliphatic rings. The quantitative estimate of drug-likeness (QED) is 0.773. The van der Waals surface area contributed by atoms with Gasteiger partial charge in [0.2, 0.25) is 0 Å². The summed E-state index contributed by atoms with van der Waals surface area (Å²) >= 11 is 0. The van der Waals surface area contributed by atoms with Gasteiger partial charge in [0.25, 0.3) is 20.0 Å². The van der Waals surface area contributed by atoms with Gasteiger partial charge < -0.3 is 0 Å². The van der Waals surface area contributed by atoms with Crippen molar-refractivity contribution >= 4 is 20.0 Å². The van der Waals surface area contributed by atoms with E-state index in [0.717, 1.165) is 6.07 Å². The molecule has 8 nitrogen and oxygen atoms in total. The van der Waals surface area contributed by atoms with Gasteiger partial charge in [-0.2, -0.15) is 0 Å². The first kappa shape index (κ1) is 21.0. The second-order valence-corrected chi connectivity index (χ2v) is 10.8. The van der Waals surface area contributed by atoms with Crippen LogP contribution in [0.1, 0.15) is 41.5 Å². The Morgan fingerprint density at radius 2 is 1.04 bits per heavy atom. The highest BCUT2D eigenvalue weighted by molar-refractivity contribution is 7.89. The summed E-state index contributed by atoms with van der Waals surface area (Å²) in [6.45, 7) is 8.92. The predicted molar refractivity (Wildman–Crippen MR) is 87.6 cm³/mol. The first-order chi connectivity index (χ1) is 10.5. The molecule has 0 aliphatic heterocycles. The monoisotopic (exact) mass is 380 g/mol. The Labute approximate surface area is 143 Å². The number of hydrogen-bond acceptors (Lipinski definition) is 6. The third-order valence-electron chi connectivity index (χ3n) is 3.00. The molecule has 1 aromatic rings. The van der Waals surface area contributed by atoms with Gasteiger partial charge in [-0.1, -0.05) is 15.0 Å². The Morgan fingerprint density at radius 3 is 1.29 bits per heavy atom. The molecule has 1 rings (SSSR count). The Morgan fingerprint density at radius 1 is 0.750 bits per heavy atom. The van der Waals surface area contributed by atoms with Gasteiger partial charge in [0.15, 0.2) is 0 Å². The molecule has 0 radical (unpaired) electrons. The lowest BCUT2D eigenvalue weighted by Gasteiger charge is -2.29. The molecule has 24 heavy (non-hydrogen) atoms. The maximum absolute atomic E-state index is 12.4. The summed E-state index contributed by atoms with van der Waals surface area (Å²) in [7, 11) is -8.63. The second kappa shape index (κ2) is 6.36. The van der Waals surface area contributed by atoms with Crippen LogP contribution in [0, 0.1) is 0 Å². The van der Waals surface area contributed by atoms with E-state index in [0.29, 0.717) is 0 Å². The molecule has 10 heteroatoms. The van der Waals surface area contributed by atoms with Crippen molar-refractivity contribution in [1.29, 1.82) is 0 Å². The first-order valence-corrected chi connectivity index (χ1v) is 9.99. The zero-order chi connectivity index (χ0) is 19.1. The van der Waals surface area contributed by atoms with E-state index in [4.69, 9.17) is 0 Å². The standard InChI is InChI=1S/C14H24N2O6S2/c1-13(2,3)15(17)23(19,20)11-8-7-9-12(10-11)24(21,22)16(18)14(4,5)6/h7-10,17-18H,1-6H3. The molecule has 0 spiro atoms. The van der Waals surface area contributed by atoms with E-state index in [1.807, 2.05) is 0 Å². The molecular weight excluding hydrogens is 356 g/mol. The molecule has 0 fully saturated rings. The summed E-state index contributed by atoms with van der Waals surface area (Å²) in [5, 5.41) is 19.9. The van der Waals surface area contributed by atoms with E-state index >= 15 is 0 Å². The molecule has 138 valence electrons. The van der Waals surface area contributed by atoms with E-state index in [1.54, 1.807) is 0 Å². The highest BCUT2D eigenvalue weighted by Crippen LogP contribution is 2.27. The van der Waals surface area contributed by atoms with Crippen LogP contribution < -0.4 is 0 Å². The van der Waals surface area contributed by atoms with Crippen molar-refractivity contribution in [3.8, 4) is 0 Å². The van der Waals surface area contributed by atoms with Crippen molar-refractivity contribution in [2.24, 2.45) is 0 Å². The minimum atomic E-state index is -4.32. The van der Waals surface area contributed by atoms with E-state index in [-0.39, 0.29) is 8.94 Å². The number of benzene rings is 1. The summed E-state index contributed by atoms with van der Waals surface area (Å²) in [6, 6.07) is 4.46. The fourth-order valence-corrected chi connectivity index (χ4v) is 4.68. The summed E-state index contributed by atoms with van der Waals surface area (Å²) in [5.74, 6) is 0. The van der Waals surface area contributed by atoms with Gasteiger partial charge in [0.1, 0.15) is 0 Å². The zero-order valence-electron chi connectivity index (χ0n) is 14.5. The Kier molecular flexibility index (Phi) is 5.56. The summed E-state index contributed by atoms with van der Waals surface area (Å²) in [4.78, 5) is -0.799. The average molecular weight is 380 g/mol. The molecule has 0 saturated heterocycles. The molecule has 0 saturated carbocycles. The van der Waals surface area contributed by atoms with Crippen molar-refractivity contribution in [2.75, 3.05) is 0 Å². The Balaban J connectivity index is 3.45. The van der Waals surface area contributed by atoms with Gasteiger partial charge in [-0.25, -0.2) is 16.8 Å². The predicted octanol–water partition coefficient (Wildman–Crippen LogP) is 2.04. The lowest BCUT2D eigenvalue weighted by Crippen LogP contribution is -2.43. The lowest BCUT2D eigenvalue weighted by molar-refractivity contribution is -0.0673. The number of sulfonamides is 2. The van der Waals surface area contributed by atoms with Crippen LogP contribution in [0.3, 0.4) is 0 Å². The van der Waals surface area contributed by atoms with Crippen LogP contribution in [0.4, 0.5) is 0 Å². The van der Waals surface area contributed by atoms with Gasteiger partial charge in [0, 0.05) is 0 Å². The van der Waals surface area contributed by atoms with E-state index < -0.39 is 40.9 Å². The van der Waals surface area contributed by atoms with Crippen molar-refractivity contribution < 1.29 is 27.3 Å². The maximum Gasteiger partial charge on any atom is 0.265 e. The molecule has 0 atom stereocenters. The van der Waals surface area contributed by atoms with Crippen molar-refractivity contribution in [2.45, 2.75) is 62.4 Å². The zero-order valence-corrected chi connectivity index (χ0v) is 16.2. The fourth-order valence-electron chi connectivity index (χ4n) is 1.72. The second-order valence-electron chi connectivity index (χ2n) is 7.31. The minimum absolute atomic E-state index is 0.173.